The average molecular weight is 341 g/mol. The van der Waals surface area contributed by atoms with Gasteiger partial charge in [-0.3, -0.25) is 0 Å². The minimum absolute atomic E-state index is 0.0280. The van der Waals surface area contributed by atoms with Crippen LogP contribution >= 0.6 is 0 Å². The number of aliphatic hydroxyl groups is 2. The molecule has 0 spiro atoms. The number of hydrogen-bond acceptors (Lipinski definition) is 5. The van der Waals surface area contributed by atoms with E-state index in [4.69, 9.17) is 4.74 Å². The fourth-order valence-corrected chi connectivity index (χ4v) is 5.37. The Morgan fingerprint density at radius 3 is 2.30 bits per heavy atom. The van der Waals surface area contributed by atoms with Gasteiger partial charge in [0.05, 0.1) is 24.2 Å². The van der Waals surface area contributed by atoms with Gasteiger partial charge in [0.25, 0.3) is 0 Å². The Morgan fingerprint density at radius 1 is 1.09 bits per heavy atom. The largest absolute Gasteiger partial charge is 0.496 e. The first kappa shape index (κ1) is 16.7. The fraction of sp³-hybridized carbons (Fsp3) is 0.625. The first-order valence-electron chi connectivity index (χ1n) is 7.98. The van der Waals surface area contributed by atoms with Crippen LogP contribution in [0.5, 0.6) is 5.75 Å². The number of sulfonamides is 1. The smallest absolute Gasteiger partial charge is 0.243 e. The summed E-state index contributed by atoms with van der Waals surface area (Å²) in [7, 11) is -2.14. The van der Waals surface area contributed by atoms with Crippen molar-refractivity contribution in [2.45, 2.75) is 49.2 Å². The van der Waals surface area contributed by atoms with Gasteiger partial charge in [-0.1, -0.05) is 0 Å². The second-order valence-corrected chi connectivity index (χ2v) is 8.20. The van der Waals surface area contributed by atoms with Crippen molar-refractivity contribution in [1.29, 1.82) is 0 Å². The van der Waals surface area contributed by atoms with Crippen LogP contribution in [0.2, 0.25) is 0 Å². The predicted octanol–water partition coefficient (Wildman–Crippen LogP) is 0.690. The number of ether oxygens (including phenoxy) is 1. The quantitative estimate of drug-likeness (QED) is 0.845. The van der Waals surface area contributed by atoms with Crippen molar-refractivity contribution in [2.75, 3.05) is 20.2 Å². The molecule has 3 rings (SSSR count). The molecule has 0 unspecified atom stereocenters. The Bertz CT molecular complexity index is 678. The van der Waals surface area contributed by atoms with Gasteiger partial charge in [-0.15, -0.1) is 0 Å². The van der Waals surface area contributed by atoms with Crippen molar-refractivity contribution in [3.8, 4) is 5.75 Å². The molecule has 0 bridgehead atoms. The molecule has 0 aromatic heterocycles. The van der Waals surface area contributed by atoms with E-state index >= 15 is 0 Å². The lowest BCUT2D eigenvalue weighted by Gasteiger charge is -2.33. The molecule has 128 valence electrons. The Hall–Kier alpha value is -1.15. The number of β-amino-alcohol motifs (C(OH)–C–C–N with tert-alkyl or cyclic N) is 2. The van der Waals surface area contributed by atoms with E-state index in [1.54, 1.807) is 19.2 Å². The van der Waals surface area contributed by atoms with E-state index in [0.29, 0.717) is 6.42 Å². The average Bonchev–Trinajstić information content (AvgIpc) is 2.52. The molecule has 7 heteroatoms. The predicted molar refractivity (Wildman–Crippen MR) is 85.0 cm³/mol. The van der Waals surface area contributed by atoms with Crippen molar-refractivity contribution in [3.05, 3.63) is 23.3 Å². The van der Waals surface area contributed by atoms with Gasteiger partial charge in [0, 0.05) is 19.5 Å². The summed E-state index contributed by atoms with van der Waals surface area (Å²) in [5, 5.41) is 19.6. The zero-order valence-corrected chi connectivity index (χ0v) is 14.1. The van der Waals surface area contributed by atoms with Gasteiger partial charge in [-0.2, -0.15) is 4.31 Å². The maximum absolute atomic E-state index is 13.0. The molecular weight excluding hydrogens is 318 g/mol. The van der Waals surface area contributed by atoms with Crippen LogP contribution in [-0.2, 0) is 22.9 Å². The third kappa shape index (κ3) is 3.10. The van der Waals surface area contributed by atoms with Gasteiger partial charge in [0.15, 0.2) is 0 Å². The van der Waals surface area contributed by atoms with Crippen LogP contribution in [-0.4, -0.2) is 55.3 Å². The zero-order valence-electron chi connectivity index (χ0n) is 13.2. The maximum atomic E-state index is 13.0. The van der Waals surface area contributed by atoms with E-state index in [2.05, 4.69) is 0 Å². The normalized spacial score (nSPS) is 25.9. The first-order valence-corrected chi connectivity index (χ1v) is 9.42. The summed E-state index contributed by atoms with van der Waals surface area (Å²) in [6.07, 6.45) is 2.05. The number of hydrogen-bond donors (Lipinski definition) is 2. The lowest BCUT2D eigenvalue weighted by molar-refractivity contribution is 0.0213. The van der Waals surface area contributed by atoms with Crippen molar-refractivity contribution in [1.82, 2.24) is 4.31 Å². The topological polar surface area (TPSA) is 87.1 Å². The summed E-state index contributed by atoms with van der Waals surface area (Å²) in [4.78, 5) is 0.286. The number of piperidine rings is 1. The molecule has 2 N–H and O–H groups in total. The van der Waals surface area contributed by atoms with Crippen molar-refractivity contribution in [2.24, 2.45) is 0 Å². The molecule has 2 atom stereocenters. The van der Waals surface area contributed by atoms with Gasteiger partial charge >= 0.3 is 0 Å². The molecule has 6 nitrogen and oxygen atoms in total. The second kappa shape index (κ2) is 6.39. The van der Waals surface area contributed by atoms with Crippen LogP contribution < -0.4 is 4.74 Å². The van der Waals surface area contributed by atoms with Crippen molar-refractivity contribution in [3.63, 3.8) is 0 Å². The molecule has 23 heavy (non-hydrogen) atoms. The van der Waals surface area contributed by atoms with E-state index in [9.17, 15) is 18.6 Å². The first-order chi connectivity index (χ1) is 10.9. The van der Waals surface area contributed by atoms with Crippen LogP contribution in [0.4, 0.5) is 0 Å². The SMILES string of the molecule is COc1ccc(S(=O)(=O)N2C[C@H](O)C[C@@H](O)C2)c2c1CCCC2. The second-order valence-electron chi connectivity index (χ2n) is 6.30. The molecule has 0 radical (unpaired) electrons. The third-order valence-corrected chi connectivity index (χ3v) is 6.58. The Kier molecular flexibility index (Phi) is 4.64. The van der Waals surface area contributed by atoms with Crippen molar-refractivity contribution < 1.29 is 23.4 Å². The van der Waals surface area contributed by atoms with E-state index < -0.39 is 22.2 Å². The Labute approximate surface area is 136 Å². The molecule has 0 saturated carbocycles. The summed E-state index contributed by atoms with van der Waals surface area (Å²) < 4.78 is 32.6. The summed E-state index contributed by atoms with van der Waals surface area (Å²) >= 11 is 0. The number of aliphatic hydroxyl groups excluding tert-OH is 2. The number of benzene rings is 1. The van der Waals surface area contributed by atoms with Gasteiger partial charge in [0.2, 0.25) is 10.0 Å². The van der Waals surface area contributed by atoms with Gasteiger partial charge in [0.1, 0.15) is 5.75 Å². The highest BCUT2D eigenvalue weighted by atomic mass is 32.2. The molecular formula is C16H23NO5S. The number of rotatable bonds is 3. The molecule has 0 amide bonds. The highest BCUT2D eigenvalue weighted by Gasteiger charge is 2.35. The van der Waals surface area contributed by atoms with E-state index in [1.807, 2.05) is 0 Å². The molecule has 1 aliphatic heterocycles. The highest BCUT2D eigenvalue weighted by molar-refractivity contribution is 7.89. The summed E-state index contributed by atoms with van der Waals surface area (Å²) in [5.74, 6) is 0.734. The minimum atomic E-state index is -3.74. The van der Waals surface area contributed by atoms with Crippen LogP contribution in [0.1, 0.15) is 30.4 Å². The highest BCUT2D eigenvalue weighted by Crippen LogP contribution is 2.35. The molecule has 1 aliphatic carbocycles. The van der Waals surface area contributed by atoms with Crippen molar-refractivity contribution >= 4 is 10.0 Å². The van der Waals surface area contributed by atoms with E-state index in [0.717, 1.165) is 36.1 Å². The zero-order chi connectivity index (χ0) is 16.6. The molecule has 1 aromatic carbocycles. The van der Waals surface area contributed by atoms with Gasteiger partial charge in [-0.05, 0) is 48.9 Å². The lowest BCUT2D eigenvalue weighted by Crippen LogP contribution is -2.48. The molecule has 1 fully saturated rings. The van der Waals surface area contributed by atoms with Gasteiger partial charge < -0.3 is 14.9 Å². The lowest BCUT2D eigenvalue weighted by atomic mass is 9.91. The number of methoxy groups -OCH3 is 1. The summed E-state index contributed by atoms with van der Waals surface area (Å²) in [6, 6.07) is 3.29. The molecule has 2 aliphatic rings. The standard InChI is InChI=1S/C16H23NO5S/c1-22-15-6-7-16(14-5-3-2-4-13(14)15)23(20,21)17-9-11(18)8-12(19)10-17/h6-7,11-12,18-19H,2-5,8-10H2,1H3/t11-,12-/m1/s1. The summed E-state index contributed by atoms with van der Waals surface area (Å²) in [5.41, 5.74) is 1.79. The van der Waals surface area contributed by atoms with Crippen LogP contribution in [0.15, 0.2) is 17.0 Å². The molecule has 1 saturated heterocycles. The van der Waals surface area contributed by atoms with Crippen LogP contribution in [0, 0.1) is 0 Å². The van der Waals surface area contributed by atoms with Crippen LogP contribution in [0.25, 0.3) is 0 Å². The van der Waals surface area contributed by atoms with Crippen LogP contribution in [0.3, 0.4) is 0 Å². The Balaban J connectivity index is 2.03. The van der Waals surface area contributed by atoms with E-state index in [-0.39, 0.29) is 24.4 Å². The van der Waals surface area contributed by atoms with E-state index in [1.165, 1.54) is 4.31 Å². The fourth-order valence-electron chi connectivity index (χ4n) is 3.58. The maximum Gasteiger partial charge on any atom is 0.243 e. The Morgan fingerprint density at radius 2 is 1.70 bits per heavy atom. The number of fused-ring (bicyclic) bond motifs is 1. The third-order valence-electron chi connectivity index (χ3n) is 4.66. The molecule has 1 aromatic rings. The molecule has 1 heterocycles. The number of nitrogens with zero attached hydrogens (tertiary/aromatic N) is 1. The monoisotopic (exact) mass is 341 g/mol. The minimum Gasteiger partial charge on any atom is -0.496 e. The van der Waals surface area contributed by atoms with Gasteiger partial charge in [-0.25, -0.2) is 8.42 Å². The summed E-state index contributed by atoms with van der Waals surface area (Å²) in [6.45, 7) is 0.0559.